The molecule has 0 aliphatic heterocycles. The molecule has 2 atom stereocenters. The van der Waals surface area contributed by atoms with E-state index in [9.17, 15) is 30.0 Å². The largest absolute Gasteiger partial charge is 4.00 e. The maximum atomic E-state index is 9.77. The van der Waals surface area contributed by atoms with Crippen molar-refractivity contribution in [3.8, 4) is 0 Å². The van der Waals surface area contributed by atoms with Gasteiger partial charge in [0, 0.05) is 0 Å². The Labute approximate surface area is 176 Å². The summed E-state index contributed by atoms with van der Waals surface area (Å²) in [6.07, 6.45) is -6.20. The molecule has 0 aromatic carbocycles. The maximum absolute atomic E-state index is 9.77. The predicted octanol–water partition coefficient (Wildman–Crippen LogP) is -3.10. The van der Waals surface area contributed by atoms with Crippen LogP contribution >= 0.6 is 0 Å². The number of hydrogen-bond donors (Lipinski definition) is 4. The van der Waals surface area contributed by atoms with Gasteiger partial charge in [-0.25, -0.2) is 9.59 Å². The molecule has 0 aliphatic carbocycles. The summed E-state index contributed by atoms with van der Waals surface area (Å²) in [5.74, 6) is -3.54. The van der Waals surface area contributed by atoms with Crippen molar-refractivity contribution in [2.45, 2.75) is 92.0 Å². The summed E-state index contributed by atoms with van der Waals surface area (Å²) in [4.78, 5) is 19.5. The molecular formula is C16H34O10Ti. The Bertz CT molecular complexity index is 257. The molecule has 11 heteroatoms. The number of carboxylic acid groups (broad SMARTS) is 2. The van der Waals surface area contributed by atoms with Crippen molar-refractivity contribution >= 4 is 11.9 Å². The molecular weight excluding hydrogens is 400 g/mol. The number of carbonyl (C=O) groups is 2. The maximum Gasteiger partial charge on any atom is 4.00 e. The number of aliphatic hydroxyl groups excluding tert-OH is 2. The van der Waals surface area contributed by atoms with Crippen LogP contribution in [0.5, 0.6) is 0 Å². The summed E-state index contributed by atoms with van der Waals surface area (Å²) < 4.78 is 0. The van der Waals surface area contributed by atoms with Gasteiger partial charge in [0.05, 0.1) is 0 Å². The molecule has 0 rings (SSSR count). The summed E-state index contributed by atoms with van der Waals surface area (Å²) >= 11 is 0. The molecule has 27 heavy (non-hydrogen) atoms. The van der Waals surface area contributed by atoms with Crippen molar-refractivity contribution < 1.29 is 72.2 Å². The van der Waals surface area contributed by atoms with E-state index in [1.54, 1.807) is 55.4 Å². The third-order valence-electron chi connectivity index (χ3n) is 0.805. The standard InChI is InChI=1S/C4H6O6.4C3H7O.Ti/c5-1(3(7)8)2(6)4(9)10;4*1-3(2)4;/h1-2,5-6H,(H,7,8)(H,9,10);4*3H,1-2H3;/q;4*-1;+4. The average Bonchev–Trinajstić information content (AvgIpc) is 2.33. The number of hydrogen-bond acceptors (Lipinski definition) is 8. The topological polar surface area (TPSA) is 207 Å². The molecule has 4 N–H and O–H groups in total. The van der Waals surface area contributed by atoms with Crippen LogP contribution in [0.1, 0.15) is 55.4 Å². The fourth-order valence-corrected chi connectivity index (χ4v) is 0.270. The van der Waals surface area contributed by atoms with Crippen molar-refractivity contribution in [3.05, 3.63) is 0 Å². The molecule has 0 radical (unpaired) electrons. The molecule has 0 aromatic heterocycles. The minimum Gasteiger partial charge on any atom is -0.852 e. The van der Waals surface area contributed by atoms with Gasteiger partial charge in [-0.15, -0.1) is 24.4 Å². The smallest absolute Gasteiger partial charge is 0.852 e. The third-order valence-corrected chi connectivity index (χ3v) is 0.805. The zero-order chi connectivity index (χ0) is 22.6. The molecule has 0 aromatic rings. The van der Waals surface area contributed by atoms with Gasteiger partial charge in [0.15, 0.2) is 12.2 Å². The van der Waals surface area contributed by atoms with Crippen LogP contribution in [0.2, 0.25) is 0 Å². The Balaban J connectivity index is -0.0000000552. The van der Waals surface area contributed by atoms with E-state index in [-0.39, 0.29) is 21.7 Å². The predicted molar refractivity (Wildman–Crippen MR) is 87.8 cm³/mol. The van der Waals surface area contributed by atoms with Gasteiger partial charge in [-0.2, -0.15) is 0 Å². The molecule has 0 heterocycles. The average molecular weight is 434 g/mol. The van der Waals surface area contributed by atoms with Gasteiger partial charge < -0.3 is 40.9 Å². The van der Waals surface area contributed by atoms with Crippen molar-refractivity contribution in [3.63, 3.8) is 0 Å². The van der Waals surface area contributed by atoms with Gasteiger partial charge in [-0.05, 0) is 0 Å². The van der Waals surface area contributed by atoms with E-state index in [2.05, 4.69) is 0 Å². The van der Waals surface area contributed by atoms with Gasteiger partial charge in [0.25, 0.3) is 0 Å². The fourth-order valence-electron chi connectivity index (χ4n) is 0.270. The second kappa shape index (κ2) is 27.6. The summed E-state index contributed by atoms with van der Waals surface area (Å²) in [6, 6.07) is 0. The van der Waals surface area contributed by atoms with Crippen LogP contribution in [-0.4, -0.2) is 69.0 Å². The molecule has 162 valence electrons. The van der Waals surface area contributed by atoms with Crippen molar-refractivity contribution in [1.82, 2.24) is 0 Å². The van der Waals surface area contributed by atoms with Gasteiger partial charge in [0.1, 0.15) is 0 Å². The second-order valence-electron chi connectivity index (χ2n) is 5.76. The van der Waals surface area contributed by atoms with Crippen molar-refractivity contribution in [2.75, 3.05) is 0 Å². The van der Waals surface area contributed by atoms with E-state index >= 15 is 0 Å². The summed E-state index contributed by atoms with van der Waals surface area (Å²) in [6.45, 7) is 12.9. The zero-order valence-corrected chi connectivity index (χ0v) is 18.8. The first-order valence-corrected chi connectivity index (χ1v) is 7.84. The van der Waals surface area contributed by atoms with Crippen LogP contribution in [0.15, 0.2) is 0 Å². The minimum absolute atomic E-state index is 0. The van der Waals surface area contributed by atoms with Crippen molar-refractivity contribution in [1.29, 1.82) is 0 Å². The van der Waals surface area contributed by atoms with Crippen molar-refractivity contribution in [2.24, 2.45) is 0 Å². The van der Waals surface area contributed by atoms with Gasteiger partial charge in [-0.1, -0.05) is 55.4 Å². The zero-order valence-electron chi connectivity index (χ0n) is 17.2. The monoisotopic (exact) mass is 434 g/mol. The molecule has 0 spiro atoms. The van der Waals surface area contributed by atoms with Gasteiger partial charge in [-0.3, -0.25) is 0 Å². The molecule has 0 saturated carbocycles. The van der Waals surface area contributed by atoms with Gasteiger partial charge >= 0.3 is 33.7 Å². The van der Waals surface area contributed by atoms with Crippen LogP contribution in [0.25, 0.3) is 0 Å². The van der Waals surface area contributed by atoms with Crippen LogP contribution in [0, 0.1) is 0 Å². The van der Waals surface area contributed by atoms with E-state index in [0.717, 1.165) is 0 Å². The van der Waals surface area contributed by atoms with Crippen LogP contribution < -0.4 is 20.4 Å². The first kappa shape index (κ1) is 40.9. The molecule has 0 amide bonds. The molecule has 0 fully saturated rings. The second-order valence-corrected chi connectivity index (χ2v) is 5.76. The first-order valence-electron chi connectivity index (χ1n) is 7.84. The molecule has 0 aliphatic rings. The third kappa shape index (κ3) is 107. The quantitative estimate of drug-likeness (QED) is 0.329. The fraction of sp³-hybridized carbons (Fsp3) is 0.875. The molecule has 10 nitrogen and oxygen atoms in total. The summed E-state index contributed by atoms with van der Waals surface area (Å²) in [7, 11) is 0. The van der Waals surface area contributed by atoms with Crippen LogP contribution in [-0.2, 0) is 31.3 Å². The van der Waals surface area contributed by atoms with E-state index in [1.165, 1.54) is 0 Å². The summed E-state index contributed by atoms with van der Waals surface area (Å²) in [5, 5.41) is 70.6. The number of aliphatic carboxylic acids is 2. The van der Waals surface area contributed by atoms with Crippen LogP contribution in [0.3, 0.4) is 0 Å². The molecule has 0 bridgehead atoms. The molecule has 2 unspecified atom stereocenters. The minimum atomic E-state index is -2.27. The Morgan fingerprint density at radius 1 is 0.556 bits per heavy atom. The Morgan fingerprint density at radius 2 is 0.630 bits per heavy atom. The number of carboxylic acids is 2. The Morgan fingerprint density at radius 3 is 0.667 bits per heavy atom. The van der Waals surface area contributed by atoms with E-state index < -0.39 is 48.6 Å². The van der Waals surface area contributed by atoms with E-state index in [1.807, 2.05) is 0 Å². The van der Waals surface area contributed by atoms with E-state index in [0.29, 0.717) is 0 Å². The summed E-state index contributed by atoms with van der Waals surface area (Å²) in [5.41, 5.74) is 0. The van der Waals surface area contributed by atoms with Crippen LogP contribution in [0.4, 0.5) is 0 Å². The molecule has 0 saturated heterocycles. The SMILES string of the molecule is CC(C)[O-].CC(C)[O-].CC(C)[O-].CC(C)[O-].O=C(O)C(O)C(O)C(=O)O.[Ti+4]. The Kier molecular flexibility index (Phi) is 41.9. The van der Waals surface area contributed by atoms with Gasteiger partial charge in [0.2, 0.25) is 0 Å². The Hall–Kier alpha value is -0.586. The first-order chi connectivity index (χ1) is 11.4. The number of rotatable bonds is 3. The normalized spacial score (nSPS) is 11.2. The number of aliphatic hydroxyl groups is 2. The van der Waals surface area contributed by atoms with E-state index in [4.69, 9.17) is 20.4 Å².